The molecule has 16 heavy (non-hydrogen) atoms. The smallest absolute Gasteiger partial charge is 0.0411 e. The monoisotopic (exact) mass is 321 g/mol. The molecule has 1 aromatic carbocycles. The molecule has 5 heteroatoms. The van der Waals surface area contributed by atoms with Gasteiger partial charge in [-0.15, -0.1) is 0 Å². The first-order valence-electron chi connectivity index (χ1n) is 5.15. The van der Waals surface area contributed by atoms with Gasteiger partial charge in [-0.25, -0.2) is 0 Å². The molecule has 2 nitrogen and oxygen atoms in total. The van der Waals surface area contributed by atoms with E-state index >= 15 is 0 Å². The van der Waals surface area contributed by atoms with Gasteiger partial charge in [0.15, 0.2) is 0 Å². The molecule has 1 fully saturated rings. The minimum Gasteiger partial charge on any atom is -0.369 e. The Morgan fingerprint density at radius 3 is 2.69 bits per heavy atom. The second kappa shape index (κ2) is 5.52. The molecule has 0 bridgehead atoms. The maximum absolute atomic E-state index is 11.3. The van der Waals surface area contributed by atoms with Crippen molar-refractivity contribution in [2.24, 2.45) is 0 Å². The molecule has 0 aromatic heterocycles. The number of nitrogens with zero attached hydrogens (tertiary/aromatic N) is 1. The third-order valence-corrected chi connectivity index (χ3v) is 4.82. The van der Waals surface area contributed by atoms with Crippen LogP contribution < -0.4 is 4.90 Å². The third-order valence-electron chi connectivity index (χ3n) is 2.70. The van der Waals surface area contributed by atoms with Crippen LogP contribution >= 0.6 is 27.5 Å². The van der Waals surface area contributed by atoms with E-state index in [0.29, 0.717) is 0 Å². The number of halogens is 2. The van der Waals surface area contributed by atoms with Gasteiger partial charge in [-0.2, -0.15) is 0 Å². The highest BCUT2D eigenvalue weighted by Crippen LogP contribution is 2.27. The fourth-order valence-electron chi connectivity index (χ4n) is 1.85. The van der Waals surface area contributed by atoms with Gasteiger partial charge in [0, 0.05) is 51.4 Å². The minimum atomic E-state index is -0.627. The third kappa shape index (κ3) is 2.79. The fraction of sp³-hybridized carbons (Fsp3) is 0.455. The second-order valence-electron chi connectivity index (χ2n) is 3.74. The van der Waals surface area contributed by atoms with Gasteiger partial charge in [0.2, 0.25) is 0 Å². The van der Waals surface area contributed by atoms with E-state index in [0.717, 1.165) is 34.9 Å². The summed E-state index contributed by atoms with van der Waals surface area (Å²) in [6.45, 7) is 1.74. The summed E-state index contributed by atoms with van der Waals surface area (Å²) in [4.78, 5) is 2.29. The predicted molar refractivity (Wildman–Crippen MR) is 74.2 cm³/mol. The molecule has 0 saturated carbocycles. The number of anilines is 1. The van der Waals surface area contributed by atoms with Crippen LogP contribution in [0.2, 0.25) is 5.02 Å². The molecule has 1 aliphatic rings. The normalized spacial score (nSPS) is 17.8. The van der Waals surface area contributed by atoms with Crippen molar-refractivity contribution in [2.45, 2.75) is 5.33 Å². The molecular formula is C11H13BrClNOS. The number of alkyl halides is 1. The molecule has 2 rings (SSSR count). The molecule has 1 aliphatic heterocycles. The van der Waals surface area contributed by atoms with Gasteiger partial charge < -0.3 is 4.90 Å². The molecule has 0 radical (unpaired) electrons. The molecule has 0 aliphatic carbocycles. The second-order valence-corrected chi connectivity index (χ2v) is 6.44. The summed E-state index contributed by atoms with van der Waals surface area (Å²) in [6.07, 6.45) is 0. The molecule has 1 saturated heterocycles. The molecule has 0 N–H and O–H groups in total. The quantitative estimate of drug-likeness (QED) is 0.780. The van der Waals surface area contributed by atoms with Gasteiger partial charge >= 0.3 is 0 Å². The zero-order chi connectivity index (χ0) is 11.5. The van der Waals surface area contributed by atoms with E-state index in [1.807, 2.05) is 18.2 Å². The lowest BCUT2D eigenvalue weighted by Gasteiger charge is -2.30. The Labute approximate surface area is 112 Å². The molecule has 1 heterocycles. The topological polar surface area (TPSA) is 20.3 Å². The van der Waals surface area contributed by atoms with E-state index in [1.54, 1.807) is 0 Å². The van der Waals surface area contributed by atoms with Gasteiger partial charge in [-0.3, -0.25) is 4.21 Å². The molecule has 0 amide bonds. The number of benzene rings is 1. The molecule has 0 atom stereocenters. The highest BCUT2D eigenvalue weighted by Gasteiger charge is 2.17. The van der Waals surface area contributed by atoms with Crippen molar-refractivity contribution in [1.82, 2.24) is 0 Å². The standard InChI is InChI=1S/C11H13BrClNOS/c12-8-9-7-10(13)1-2-11(9)14-3-5-16(15)6-4-14/h1-2,7H,3-6,8H2. The van der Waals surface area contributed by atoms with Crippen LogP contribution in [0.3, 0.4) is 0 Å². The lowest BCUT2D eigenvalue weighted by Crippen LogP contribution is -2.38. The Balaban J connectivity index is 2.22. The number of rotatable bonds is 2. The van der Waals surface area contributed by atoms with Crippen molar-refractivity contribution in [2.75, 3.05) is 29.5 Å². The van der Waals surface area contributed by atoms with Gasteiger partial charge in [0.25, 0.3) is 0 Å². The highest BCUT2D eigenvalue weighted by atomic mass is 79.9. The highest BCUT2D eigenvalue weighted by molar-refractivity contribution is 9.08. The molecular weight excluding hydrogens is 310 g/mol. The minimum absolute atomic E-state index is 0.627. The molecule has 0 spiro atoms. The number of hydrogen-bond donors (Lipinski definition) is 0. The van der Waals surface area contributed by atoms with Crippen LogP contribution in [-0.2, 0) is 16.1 Å². The van der Waals surface area contributed by atoms with Crippen LogP contribution in [0, 0.1) is 0 Å². The maximum atomic E-state index is 11.3. The van der Waals surface area contributed by atoms with Crippen LogP contribution in [0.4, 0.5) is 5.69 Å². The Bertz CT molecular complexity index is 403. The fourth-order valence-corrected chi connectivity index (χ4v) is 3.54. The summed E-state index contributed by atoms with van der Waals surface area (Å²) in [6, 6.07) is 5.94. The number of hydrogen-bond acceptors (Lipinski definition) is 2. The molecule has 1 aromatic rings. The van der Waals surface area contributed by atoms with Crippen molar-refractivity contribution in [3.05, 3.63) is 28.8 Å². The van der Waals surface area contributed by atoms with Crippen LogP contribution in [-0.4, -0.2) is 28.8 Å². The van der Waals surface area contributed by atoms with Crippen molar-refractivity contribution in [1.29, 1.82) is 0 Å². The summed E-state index contributed by atoms with van der Waals surface area (Å²) < 4.78 is 11.3. The Kier molecular flexibility index (Phi) is 4.27. The summed E-state index contributed by atoms with van der Waals surface area (Å²) in [5, 5.41) is 1.56. The summed E-state index contributed by atoms with van der Waals surface area (Å²) in [5.74, 6) is 1.54. The van der Waals surface area contributed by atoms with Gasteiger partial charge in [-0.05, 0) is 23.8 Å². The van der Waals surface area contributed by atoms with Crippen molar-refractivity contribution in [3.63, 3.8) is 0 Å². The zero-order valence-corrected chi connectivity index (χ0v) is 11.9. The van der Waals surface area contributed by atoms with E-state index in [1.165, 1.54) is 11.3 Å². The van der Waals surface area contributed by atoms with Gasteiger partial charge in [0.1, 0.15) is 0 Å². The molecule has 0 unspecified atom stereocenters. The van der Waals surface area contributed by atoms with Crippen molar-refractivity contribution < 1.29 is 4.21 Å². The SMILES string of the molecule is O=S1CCN(c2ccc(Cl)cc2CBr)CC1. The van der Waals surface area contributed by atoms with E-state index in [2.05, 4.69) is 20.8 Å². The zero-order valence-electron chi connectivity index (χ0n) is 8.79. The largest absolute Gasteiger partial charge is 0.369 e. The average molecular weight is 323 g/mol. The van der Waals surface area contributed by atoms with E-state index < -0.39 is 10.8 Å². The van der Waals surface area contributed by atoms with Gasteiger partial charge in [0.05, 0.1) is 0 Å². The predicted octanol–water partition coefficient (Wildman–Crippen LogP) is 2.80. The first-order chi connectivity index (χ1) is 7.70. The van der Waals surface area contributed by atoms with E-state index in [4.69, 9.17) is 11.6 Å². The lowest BCUT2D eigenvalue weighted by molar-refractivity contribution is 0.673. The van der Waals surface area contributed by atoms with Crippen LogP contribution in [0.25, 0.3) is 0 Å². The summed E-state index contributed by atoms with van der Waals surface area (Å²) in [5.41, 5.74) is 2.40. The van der Waals surface area contributed by atoms with Gasteiger partial charge in [-0.1, -0.05) is 27.5 Å². The lowest BCUT2D eigenvalue weighted by atomic mass is 10.2. The van der Waals surface area contributed by atoms with Crippen LogP contribution in [0.15, 0.2) is 18.2 Å². The first kappa shape index (κ1) is 12.4. The Morgan fingerprint density at radius 1 is 1.38 bits per heavy atom. The molecule has 88 valence electrons. The summed E-state index contributed by atoms with van der Waals surface area (Å²) >= 11 is 9.45. The van der Waals surface area contributed by atoms with Crippen molar-refractivity contribution in [3.8, 4) is 0 Å². The first-order valence-corrected chi connectivity index (χ1v) is 8.14. The average Bonchev–Trinajstić information content (AvgIpc) is 2.30. The van der Waals surface area contributed by atoms with Crippen LogP contribution in [0.1, 0.15) is 5.56 Å². The maximum Gasteiger partial charge on any atom is 0.0411 e. The van der Waals surface area contributed by atoms with E-state index in [-0.39, 0.29) is 0 Å². The summed E-state index contributed by atoms with van der Waals surface area (Å²) in [7, 11) is -0.627. The Morgan fingerprint density at radius 2 is 2.06 bits per heavy atom. The Hall–Kier alpha value is -0.0600. The van der Waals surface area contributed by atoms with Crippen LogP contribution in [0.5, 0.6) is 0 Å². The van der Waals surface area contributed by atoms with Crippen molar-refractivity contribution >= 4 is 44.0 Å². The van der Waals surface area contributed by atoms with E-state index in [9.17, 15) is 4.21 Å².